The SMILES string of the molecule is O=C(Nc1cccc(NC(=O)C2CNCCO2)c1)C1CC1. The average Bonchev–Trinajstić information content (AvgIpc) is 3.33. The fourth-order valence-corrected chi connectivity index (χ4v) is 2.22. The zero-order valence-electron chi connectivity index (χ0n) is 11.7. The Morgan fingerprint density at radius 2 is 1.86 bits per heavy atom. The van der Waals surface area contributed by atoms with Crippen molar-refractivity contribution >= 4 is 23.2 Å². The number of hydrogen-bond donors (Lipinski definition) is 3. The molecule has 21 heavy (non-hydrogen) atoms. The molecule has 1 aromatic rings. The van der Waals surface area contributed by atoms with Gasteiger partial charge < -0.3 is 20.7 Å². The maximum atomic E-state index is 12.1. The van der Waals surface area contributed by atoms with E-state index in [0.29, 0.717) is 24.5 Å². The van der Waals surface area contributed by atoms with Crippen LogP contribution in [0.1, 0.15) is 12.8 Å². The van der Waals surface area contributed by atoms with E-state index in [-0.39, 0.29) is 17.7 Å². The topological polar surface area (TPSA) is 79.5 Å². The Kier molecular flexibility index (Phi) is 4.17. The van der Waals surface area contributed by atoms with E-state index >= 15 is 0 Å². The summed E-state index contributed by atoms with van der Waals surface area (Å²) in [6, 6.07) is 7.17. The lowest BCUT2D eigenvalue weighted by Crippen LogP contribution is -2.45. The first-order valence-electron chi connectivity index (χ1n) is 7.26. The van der Waals surface area contributed by atoms with Crippen LogP contribution in [0.4, 0.5) is 11.4 Å². The summed E-state index contributed by atoms with van der Waals surface area (Å²) in [4.78, 5) is 23.8. The number of anilines is 2. The van der Waals surface area contributed by atoms with Crippen molar-refractivity contribution in [1.29, 1.82) is 0 Å². The minimum atomic E-state index is -0.469. The van der Waals surface area contributed by atoms with Crippen LogP contribution in [-0.4, -0.2) is 37.6 Å². The molecule has 1 heterocycles. The monoisotopic (exact) mass is 289 g/mol. The molecule has 0 spiro atoms. The number of ether oxygens (including phenoxy) is 1. The van der Waals surface area contributed by atoms with Gasteiger partial charge in [0.2, 0.25) is 5.91 Å². The zero-order chi connectivity index (χ0) is 14.7. The predicted octanol–water partition coefficient (Wildman–Crippen LogP) is 0.962. The Balaban J connectivity index is 1.59. The lowest BCUT2D eigenvalue weighted by Gasteiger charge is -2.22. The first-order chi connectivity index (χ1) is 10.2. The number of benzene rings is 1. The minimum Gasteiger partial charge on any atom is -0.366 e. The lowest BCUT2D eigenvalue weighted by atomic mass is 10.2. The molecule has 2 fully saturated rings. The van der Waals surface area contributed by atoms with Gasteiger partial charge in [0.15, 0.2) is 0 Å². The molecule has 112 valence electrons. The zero-order valence-corrected chi connectivity index (χ0v) is 11.7. The highest BCUT2D eigenvalue weighted by Gasteiger charge is 2.29. The van der Waals surface area contributed by atoms with E-state index in [9.17, 15) is 9.59 Å². The van der Waals surface area contributed by atoms with Crippen LogP contribution in [0.5, 0.6) is 0 Å². The van der Waals surface area contributed by atoms with Crippen molar-refractivity contribution in [3.05, 3.63) is 24.3 Å². The third-order valence-corrected chi connectivity index (χ3v) is 3.57. The normalized spacial score (nSPS) is 21.6. The van der Waals surface area contributed by atoms with Gasteiger partial charge in [0.1, 0.15) is 6.10 Å². The number of hydrogen-bond acceptors (Lipinski definition) is 4. The second-order valence-corrected chi connectivity index (χ2v) is 5.40. The van der Waals surface area contributed by atoms with E-state index in [1.165, 1.54) is 0 Å². The summed E-state index contributed by atoms with van der Waals surface area (Å²) in [5.74, 6) is 0.0381. The smallest absolute Gasteiger partial charge is 0.254 e. The van der Waals surface area contributed by atoms with Crippen molar-refractivity contribution in [2.45, 2.75) is 18.9 Å². The Morgan fingerprint density at radius 3 is 2.48 bits per heavy atom. The highest BCUT2D eigenvalue weighted by Crippen LogP contribution is 2.30. The molecule has 2 amide bonds. The molecule has 0 bridgehead atoms. The molecule has 1 saturated heterocycles. The quantitative estimate of drug-likeness (QED) is 0.771. The van der Waals surface area contributed by atoms with Crippen LogP contribution >= 0.6 is 0 Å². The molecular weight excluding hydrogens is 270 g/mol. The molecule has 1 saturated carbocycles. The number of rotatable bonds is 4. The van der Waals surface area contributed by atoms with E-state index < -0.39 is 6.10 Å². The highest BCUT2D eigenvalue weighted by molar-refractivity contribution is 5.97. The van der Waals surface area contributed by atoms with Crippen molar-refractivity contribution in [1.82, 2.24) is 5.32 Å². The second-order valence-electron chi connectivity index (χ2n) is 5.40. The summed E-state index contributed by atoms with van der Waals surface area (Å²) in [7, 11) is 0. The van der Waals surface area contributed by atoms with E-state index in [2.05, 4.69) is 16.0 Å². The standard InChI is InChI=1S/C15H19N3O3/c19-14(10-4-5-10)17-11-2-1-3-12(8-11)18-15(20)13-9-16-6-7-21-13/h1-3,8,10,13,16H,4-7,9H2,(H,17,19)(H,18,20). The molecule has 1 aromatic carbocycles. The van der Waals surface area contributed by atoms with Gasteiger partial charge in [0.25, 0.3) is 5.91 Å². The third kappa shape index (κ3) is 3.80. The van der Waals surface area contributed by atoms with Gasteiger partial charge in [-0.15, -0.1) is 0 Å². The molecule has 1 aliphatic heterocycles. The van der Waals surface area contributed by atoms with Gasteiger partial charge in [-0.25, -0.2) is 0 Å². The molecule has 3 rings (SSSR count). The first-order valence-corrected chi connectivity index (χ1v) is 7.26. The van der Waals surface area contributed by atoms with Crippen LogP contribution < -0.4 is 16.0 Å². The highest BCUT2D eigenvalue weighted by atomic mass is 16.5. The van der Waals surface area contributed by atoms with Crippen molar-refractivity contribution in [2.75, 3.05) is 30.3 Å². The van der Waals surface area contributed by atoms with Gasteiger partial charge in [0, 0.05) is 30.4 Å². The van der Waals surface area contributed by atoms with Crippen LogP contribution in [0, 0.1) is 5.92 Å². The largest absolute Gasteiger partial charge is 0.366 e. The average molecular weight is 289 g/mol. The van der Waals surface area contributed by atoms with Gasteiger partial charge in [0.05, 0.1) is 6.61 Å². The lowest BCUT2D eigenvalue weighted by molar-refractivity contribution is -0.128. The van der Waals surface area contributed by atoms with Crippen molar-refractivity contribution in [3.8, 4) is 0 Å². The van der Waals surface area contributed by atoms with E-state index in [1.54, 1.807) is 18.2 Å². The molecule has 2 aliphatic rings. The van der Waals surface area contributed by atoms with Crippen LogP contribution in [-0.2, 0) is 14.3 Å². The van der Waals surface area contributed by atoms with Crippen LogP contribution in [0.15, 0.2) is 24.3 Å². The number of carbonyl (C=O) groups excluding carboxylic acids is 2. The number of amides is 2. The van der Waals surface area contributed by atoms with E-state index in [1.807, 2.05) is 6.07 Å². The van der Waals surface area contributed by atoms with Crippen molar-refractivity contribution in [3.63, 3.8) is 0 Å². The molecule has 3 N–H and O–H groups in total. The van der Waals surface area contributed by atoms with E-state index in [0.717, 1.165) is 19.4 Å². The molecule has 1 atom stereocenters. The fraction of sp³-hybridized carbons (Fsp3) is 0.467. The summed E-state index contributed by atoms with van der Waals surface area (Å²) in [6.07, 6.45) is 1.46. The van der Waals surface area contributed by atoms with Gasteiger partial charge in [-0.1, -0.05) is 6.07 Å². The van der Waals surface area contributed by atoms with Gasteiger partial charge in [-0.3, -0.25) is 9.59 Å². The maximum absolute atomic E-state index is 12.1. The van der Waals surface area contributed by atoms with Gasteiger partial charge in [-0.2, -0.15) is 0 Å². The molecule has 1 aliphatic carbocycles. The molecule has 6 nitrogen and oxygen atoms in total. The summed E-state index contributed by atoms with van der Waals surface area (Å²) >= 11 is 0. The molecule has 6 heteroatoms. The number of nitrogens with one attached hydrogen (secondary N) is 3. The van der Waals surface area contributed by atoms with Gasteiger partial charge >= 0.3 is 0 Å². The Bertz CT molecular complexity index is 537. The molecule has 0 aromatic heterocycles. The number of carbonyl (C=O) groups is 2. The minimum absolute atomic E-state index is 0.0540. The fourth-order valence-electron chi connectivity index (χ4n) is 2.22. The number of morpholine rings is 1. The molecule has 1 unspecified atom stereocenters. The first kappa shape index (κ1) is 14.0. The summed E-state index contributed by atoms with van der Waals surface area (Å²) < 4.78 is 5.40. The van der Waals surface area contributed by atoms with Gasteiger partial charge in [-0.05, 0) is 31.0 Å². The maximum Gasteiger partial charge on any atom is 0.254 e. The third-order valence-electron chi connectivity index (χ3n) is 3.57. The summed E-state index contributed by atoms with van der Waals surface area (Å²) in [5, 5.41) is 8.79. The second kappa shape index (κ2) is 6.24. The summed E-state index contributed by atoms with van der Waals surface area (Å²) in [6.45, 7) is 1.83. The predicted molar refractivity (Wildman–Crippen MR) is 79.0 cm³/mol. The van der Waals surface area contributed by atoms with Crippen LogP contribution in [0.3, 0.4) is 0 Å². The Hall–Kier alpha value is -1.92. The van der Waals surface area contributed by atoms with E-state index in [4.69, 9.17) is 4.74 Å². The Morgan fingerprint density at radius 1 is 1.14 bits per heavy atom. The Labute approximate surface area is 123 Å². The molecule has 0 radical (unpaired) electrons. The van der Waals surface area contributed by atoms with Crippen LogP contribution in [0.25, 0.3) is 0 Å². The molecular formula is C15H19N3O3. The summed E-state index contributed by atoms with van der Waals surface area (Å²) in [5.41, 5.74) is 1.36. The van der Waals surface area contributed by atoms with Crippen molar-refractivity contribution in [2.24, 2.45) is 5.92 Å². The van der Waals surface area contributed by atoms with Crippen molar-refractivity contribution < 1.29 is 14.3 Å². The van der Waals surface area contributed by atoms with Crippen LogP contribution in [0.2, 0.25) is 0 Å².